The number of aryl methyl sites for hydroxylation is 1. The number of piperazine rings is 1. The van der Waals surface area contributed by atoms with Gasteiger partial charge in [-0.2, -0.15) is 10.4 Å². The predicted octanol–water partition coefficient (Wildman–Crippen LogP) is 3.52. The average Bonchev–Trinajstić information content (AvgIpc) is 3.01. The summed E-state index contributed by atoms with van der Waals surface area (Å²) in [7, 11) is 0. The molecule has 1 amide bonds. The monoisotopic (exact) mass is 451 g/mol. The quantitative estimate of drug-likeness (QED) is 0.601. The van der Waals surface area contributed by atoms with Gasteiger partial charge < -0.3 is 4.74 Å². The van der Waals surface area contributed by atoms with Crippen LogP contribution in [0.25, 0.3) is 0 Å². The Morgan fingerprint density at radius 1 is 1.30 bits per heavy atom. The van der Waals surface area contributed by atoms with Crippen molar-refractivity contribution in [1.82, 2.24) is 14.7 Å². The Balaban J connectivity index is 0.00000320. The summed E-state index contributed by atoms with van der Waals surface area (Å²) in [5.41, 5.74) is 1.89. The van der Waals surface area contributed by atoms with E-state index in [1.807, 2.05) is 40.8 Å². The Morgan fingerprint density at radius 2 is 2.07 bits per heavy atom. The summed E-state index contributed by atoms with van der Waals surface area (Å²) in [4.78, 5) is 16.0. The zero-order valence-electron chi connectivity index (χ0n) is 17.5. The van der Waals surface area contributed by atoms with E-state index < -0.39 is 0 Å². The van der Waals surface area contributed by atoms with Crippen molar-refractivity contribution < 1.29 is 9.53 Å². The number of hydrogen-bond acceptors (Lipinski definition) is 5. The van der Waals surface area contributed by atoms with Gasteiger partial charge in [0.2, 0.25) is 5.91 Å². The summed E-state index contributed by atoms with van der Waals surface area (Å²) < 4.78 is 7.80. The molecule has 0 atom stereocenters. The lowest BCUT2D eigenvalue weighted by atomic mass is 10.2. The van der Waals surface area contributed by atoms with E-state index in [1.54, 1.807) is 4.90 Å². The van der Waals surface area contributed by atoms with Gasteiger partial charge in [0.1, 0.15) is 5.75 Å². The Labute approximate surface area is 188 Å². The Kier molecular flexibility index (Phi) is 8.54. The molecule has 30 heavy (non-hydrogen) atoms. The normalized spacial score (nSPS) is 14.5. The summed E-state index contributed by atoms with van der Waals surface area (Å²) in [6, 6.07) is 9.61. The first-order chi connectivity index (χ1) is 13.9. The topological polar surface area (TPSA) is 74.4 Å². The first-order valence-corrected chi connectivity index (χ1v) is 10.1. The number of carbonyl (C=O) groups excluding carboxylic acids is 1. The predicted molar refractivity (Wildman–Crippen MR) is 120 cm³/mol. The Bertz CT molecular complexity index is 923. The molecule has 3 rings (SSSR count). The van der Waals surface area contributed by atoms with Crippen molar-refractivity contribution in [2.45, 2.75) is 27.3 Å². The van der Waals surface area contributed by atoms with Gasteiger partial charge in [-0.3, -0.25) is 19.3 Å². The molecule has 7 nitrogen and oxygen atoms in total. The largest absolute Gasteiger partial charge is 0.493 e. The first-order valence-electron chi connectivity index (χ1n) is 9.72. The summed E-state index contributed by atoms with van der Waals surface area (Å²) in [6.45, 7) is 8.99. The number of halogens is 2. The van der Waals surface area contributed by atoms with Gasteiger partial charge in [-0.1, -0.05) is 25.4 Å². The third-order valence-electron chi connectivity index (χ3n) is 4.75. The molecule has 0 aliphatic carbocycles. The van der Waals surface area contributed by atoms with Crippen LogP contribution in [0.2, 0.25) is 5.02 Å². The fraction of sp³-hybridized carbons (Fsp3) is 0.476. The Hall–Kier alpha value is -2.27. The van der Waals surface area contributed by atoms with Crippen LogP contribution in [0.15, 0.2) is 24.3 Å². The Morgan fingerprint density at radius 3 is 2.73 bits per heavy atom. The molecule has 1 aliphatic heterocycles. The van der Waals surface area contributed by atoms with Crippen LogP contribution in [0, 0.1) is 24.2 Å². The third kappa shape index (κ3) is 5.88. The van der Waals surface area contributed by atoms with E-state index in [0.717, 1.165) is 17.0 Å². The van der Waals surface area contributed by atoms with Crippen LogP contribution in [0.5, 0.6) is 5.75 Å². The molecule has 1 fully saturated rings. The van der Waals surface area contributed by atoms with Gasteiger partial charge in [-0.25, -0.2) is 0 Å². The zero-order valence-corrected chi connectivity index (χ0v) is 19.0. The van der Waals surface area contributed by atoms with E-state index in [2.05, 4.69) is 25.0 Å². The first kappa shape index (κ1) is 24.0. The molecule has 1 aliphatic rings. The lowest BCUT2D eigenvalue weighted by Crippen LogP contribution is -2.50. The number of ether oxygens (including phenoxy) is 1. The van der Waals surface area contributed by atoms with Crippen LogP contribution in [0.1, 0.15) is 25.1 Å². The molecule has 1 aromatic heterocycles. The van der Waals surface area contributed by atoms with Crippen LogP contribution >= 0.6 is 24.0 Å². The molecule has 9 heteroatoms. The van der Waals surface area contributed by atoms with Crippen LogP contribution < -0.4 is 9.64 Å². The molecule has 1 saturated heterocycles. The van der Waals surface area contributed by atoms with Crippen molar-refractivity contribution in [3.63, 3.8) is 0 Å². The highest BCUT2D eigenvalue weighted by atomic mass is 35.5. The standard InChI is InChI=1S/C21H26ClN5O2.ClH/c1-15(2)14-29-19-5-4-18(22)11-17(19)12-27-16(3)10-20(24-27)26-9-8-25(7-6-23)13-21(26)28;/h4-5,10-11,15H,7-9,12-14H2,1-3H3;1H. The number of aromatic nitrogens is 2. The van der Waals surface area contributed by atoms with Crippen LogP contribution in [0.4, 0.5) is 5.82 Å². The van der Waals surface area contributed by atoms with Crippen LogP contribution in [-0.4, -0.2) is 53.4 Å². The van der Waals surface area contributed by atoms with E-state index in [9.17, 15) is 4.79 Å². The molecular weight excluding hydrogens is 425 g/mol. The summed E-state index contributed by atoms with van der Waals surface area (Å²) >= 11 is 6.21. The second-order valence-electron chi connectivity index (χ2n) is 7.67. The van der Waals surface area contributed by atoms with Crippen LogP contribution in [-0.2, 0) is 11.3 Å². The maximum absolute atomic E-state index is 12.5. The molecule has 2 aromatic rings. The fourth-order valence-electron chi connectivity index (χ4n) is 3.21. The van der Waals surface area contributed by atoms with Crippen molar-refractivity contribution in [2.75, 3.05) is 37.7 Å². The minimum atomic E-state index is -0.0418. The van der Waals surface area contributed by atoms with E-state index in [1.165, 1.54) is 0 Å². The fourth-order valence-corrected chi connectivity index (χ4v) is 3.41. The number of benzene rings is 1. The average molecular weight is 452 g/mol. The number of amides is 1. The minimum Gasteiger partial charge on any atom is -0.493 e. The zero-order chi connectivity index (χ0) is 21.0. The summed E-state index contributed by atoms with van der Waals surface area (Å²) in [6.07, 6.45) is 0. The lowest BCUT2D eigenvalue weighted by molar-refractivity contribution is -0.121. The highest BCUT2D eigenvalue weighted by Gasteiger charge is 2.27. The molecule has 0 saturated carbocycles. The van der Waals surface area contributed by atoms with Crippen LogP contribution in [0.3, 0.4) is 0 Å². The number of nitrogens with zero attached hydrogens (tertiary/aromatic N) is 5. The second-order valence-corrected chi connectivity index (χ2v) is 8.11. The number of hydrogen-bond donors (Lipinski definition) is 0. The van der Waals surface area contributed by atoms with Crippen molar-refractivity contribution in [2.24, 2.45) is 5.92 Å². The van der Waals surface area contributed by atoms with Gasteiger partial charge >= 0.3 is 0 Å². The molecule has 2 heterocycles. The smallest absolute Gasteiger partial charge is 0.242 e. The lowest BCUT2D eigenvalue weighted by Gasteiger charge is -2.31. The van der Waals surface area contributed by atoms with E-state index in [4.69, 9.17) is 21.6 Å². The SMILES string of the molecule is Cc1cc(N2CCN(CC#N)CC2=O)nn1Cc1cc(Cl)ccc1OCC(C)C.Cl. The number of anilines is 1. The van der Waals surface area contributed by atoms with Gasteiger partial charge in [-0.05, 0) is 31.0 Å². The van der Waals surface area contributed by atoms with Gasteiger partial charge in [-0.15, -0.1) is 12.4 Å². The number of nitriles is 1. The van der Waals surface area contributed by atoms with Gasteiger partial charge in [0.15, 0.2) is 5.82 Å². The van der Waals surface area contributed by atoms with Gasteiger partial charge in [0.25, 0.3) is 0 Å². The molecule has 162 valence electrons. The summed E-state index contributed by atoms with van der Waals surface area (Å²) in [5, 5.41) is 14.1. The van der Waals surface area contributed by atoms with E-state index in [-0.39, 0.29) is 31.4 Å². The van der Waals surface area contributed by atoms with E-state index in [0.29, 0.717) is 43.0 Å². The maximum atomic E-state index is 12.5. The second kappa shape index (κ2) is 10.7. The highest BCUT2D eigenvalue weighted by molar-refractivity contribution is 6.30. The number of rotatable bonds is 7. The molecule has 1 aromatic carbocycles. The van der Waals surface area contributed by atoms with Gasteiger partial charge in [0.05, 0.1) is 32.3 Å². The molecule has 0 unspecified atom stereocenters. The number of carbonyl (C=O) groups is 1. The van der Waals surface area contributed by atoms with E-state index >= 15 is 0 Å². The molecule has 0 spiro atoms. The molecular formula is C21H27Cl2N5O2. The van der Waals surface area contributed by atoms with Gasteiger partial charge in [0, 0.05) is 35.4 Å². The summed E-state index contributed by atoms with van der Waals surface area (Å²) in [5.74, 6) is 1.80. The van der Waals surface area contributed by atoms with Crippen molar-refractivity contribution in [3.05, 3.63) is 40.5 Å². The van der Waals surface area contributed by atoms with Crippen molar-refractivity contribution >= 4 is 35.7 Å². The third-order valence-corrected chi connectivity index (χ3v) is 4.99. The minimum absolute atomic E-state index is 0. The van der Waals surface area contributed by atoms with Crippen molar-refractivity contribution in [3.8, 4) is 11.8 Å². The maximum Gasteiger partial charge on any atom is 0.242 e. The molecule has 0 bridgehead atoms. The molecule has 0 radical (unpaired) electrons. The van der Waals surface area contributed by atoms with Crippen molar-refractivity contribution in [1.29, 1.82) is 5.26 Å². The molecule has 0 N–H and O–H groups in total. The highest BCUT2D eigenvalue weighted by Crippen LogP contribution is 2.26.